The molecule has 0 aliphatic heterocycles. The van der Waals surface area contributed by atoms with Crippen LogP contribution in [0.1, 0.15) is 134 Å². The highest BCUT2D eigenvalue weighted by atomic mass is 35.5. The maximum absolute atomic E-state index is 12.8. The van der Waals surface area contributed by atoms with Crippen LogP contribution in [0.3, 0.4) is 0 Å². The summed E-state index contributed by atoms with van der Waals surface area (Å²) in [7, 11) is 0. The van der Waals surface area contributed by atoms with Crippen molar-refractivity contribution in [2.75, 3.05) is 6.61 Å². The Bertz CT molecular complexity index is 1160. The van der Waals surface area contributed by atoms with Crippen molar-refractivity contribution >= 4 is 17.6 Å². The number of carbonyl (C=O) groups excluding carboxylic acids is 1. The number of unbranched alkanes of at least 4 members (excludes halogenated alkanes) is 15. The van der Waals surface area contributed by atoms with Crippen LogP contribution in [-0.2, 0) is 4.79 Å². The van der Waals surface area contributed by atoms with E-state index in [2.05, 4.69) is 19.1 Å². The van der Waals surface area contributed by atoms with Gasteiger partial charge in [-0.05, 0) is 53.8 Å². The van der Waals surface area contributed by atoms with E-state index in [0.717, 1.165) is 41.9 Å². The molecule has 0 heterocycles. The van der Waals surface area contributed by atoms with Gasteiger partial charge in [0, 0.05) is 5.92 Å². The Morgan fingerprint density at radius 3 is 1.49 bits per heavy atom. The zero-order valence-electron chi connectivity index (χ0n) is 28.0. The SMILES string of the molecule is CCCCCCCCCCCCCCCCCCOc1ccc(-c2ccc(OC(=O)C(Cl)C(CC)c3ccccc3)cc2)cc1. The summed E-state index contributed by atoms with van der Waals surface area (Å²) < 4.78 is 11.6. The number of hydrogen-bond acceptors (Lipinski definition) is 3. The first kappa shape index (κ1) is 36.7. The van der Waals surface area contributed by atoms with Crippen LogP contribution in [0.4, 0.5) is 0 Å². The lowest BCUT2D eigenvalue weighted by Crippen LogP contribution is -2.27. The molecule has 2 unspecified atom stereocenters. The molecule has 0 saturated heterocycles. The van der Waals surface area contributed by atoms with Gasteiger partial charge in [-0.3, -0.25) is 4.79 Å². The van der Waals surface area contributed by atoms with E-state index < -0.39 is 11.3 Å². The molecular weight excluding hydrogens is 576 g/mol. The quantitative estimate of drug-likeness (QED) is 0.0426. The van der Waals surface area contributed by atoms with E-state index in [9.17, 15) is 4.79 Å². The lowest BCUT2D eigenvalue weighted by Gasteiger charge is -2.20. The zero-order valence-corrected chi connectivity index (χ0v) is 28.7. The number of ether oxygens (including phenoxy) is 2. The van der Waals surface area contributed by atoms with Crippen LogP contribution in [0.25, 0.3) is 11.1 Å². The molecule has 3 rings (SSSR count). The fourth-order valence-electron chi connectivity index (χ4n) is 5.95. The van der Waals surface area contributed by atoms with Gasteiger partial charge in [-0.1, -0.05) is 165 Å². The second-order valence-electron chi connectivity index (χ2n) is 12.4. The number of halogens is 1. The third-order valence-corrected chi connectivity index (χ3v) is 9.26. The first-order chi connectivity index (χ1) is 22.1. The molecule has 0 N–H and O–H groups in total. The summed E-state index contributed by atoms with van der Waals surface area (Å²) in [6.07, 6.45) is 22.7. The van der Waals surface area contributed by atoms with Gasteiger partial charge in [0.25, 0.3) is 0 Å². The van der Waals surface area contributed by atoms with Crippen LogP contribution in [0.2, 0.25) is 0 Å². The van der Waals surface area contributed by atoms with E-state index in [0.29, 0.717) is 5.75 Å². The third-order valence-electron chi connectivity index (χ3n) is 8.77. The third kappa shape index (κ3) is 14.5. The number of rotatable bonds is 24. The smallest absolute Gasteiger partial charge is 0.330 e. The normalized spacial score (nSPS) is 12.5. The lowest BCUT2D eigenvalue weighted by molar-refractivity contribution is -0.134. The van der Waals surface area contributed by atoms with Gasteiger partial charge in [0.1, 0.15) is 16.9 Å². The van der Waals surface area contributed by atoms with Crippen molar-refractivity contribution in [2.45, 2.75) is 134 Å². The molecule has 0 radical (unpaired) electrons. The number of hydrogen-bond donors (Lipinski definition) is 0. The number of esters is 1. The Labute approximate surface area is 279 Å². The fourth-order valence-corrected chi connectivity index (χ4v) is 6.32. The maximum atomic E-state index is 12.8. The molecule has 45 heavy (non-hydrogen) atoms. The summed E-state index contributed by atoms with van der Waals surface area (Å²) in [5.74, 6) is 0.883. The molecule has 0 fully saturated rings. The van der Waals surface area contributed by atoms with Gasteiger partial charge >= 0.3 is 5.97 Å². The Balaban J connectivity index is 1.24. The molecule has 0 aliphatic rings. The van der Waals surface area contributed by atoms with Gasteiger partial charge in [-0.15, -0.1) is 11.6 Å². The second-order valence-corrected chi connectivity index (χ2v) is 12.9. The minimum atomic E-state index is -0.746. The zero-order chi connectivity index (χ0) is 32.0. The van der Waals surface area contributed by atoms with E-state index >= 15 is 0 Å². The van der Waals surface area contributed by atoms with Gasteiger partial charge in [-0.25, -0.2) is 0 Å². The highest BCUT2D eigenvalue weighted by Crippen LogP contribution is 2.30. The van der Waals surface area contributed by atoms with Crippen molar-refractivity contribution in [1.82, 2.24) is 0 Å². The van der Waals surface area contributed by atoms with E-state index in [4.69, 9.17) is 21.1 Å². The van der Waals surface area contributed by atoms with E-state index in [1.807, 2.05) is 73.7 Å². The van der Waals surface area contributed by atoms with Crippen molar-refractivity contribution in [3.8, 4) is 22.6 Å². The van der Waals surface area contributed by atoms with Crippen LogP contribution in [0.5, 0.6) is 11.5 Å². The molecule has 3 aromatic rings. The van der Waals surface area contributed by atoms with Crippen LogP contribution < -0.4 is 9.47 Å². The maximum Gasteiger partial charge on any atom is 0.330 e. The van der Waals surface area contributed by atoms with Gasteiger partial charge in [0.15, 0.2) is 0 Å². The van der Waals surface area contributed by atoms with Crippen LogP contribution >= 0.6 is 11.6 Å². The molecule has 0 spiro atoms. The Kier molecular flexibility index (Phi) is 18.5. The van der Waals surface area contributed by atoms with Crippen molar-refractivity contribution < 1.29 is 14.3 Å². The highest BCUT2D eigenvalue weighted by molar-refractivity contribution is 6.30. The largest absolute Gasteiger partial charge is 0.494 e. The lowest BCUT2D eigenvalue weighted by atomic mass is 9.93. The summed E-state index contributed by atoms with van der Waals surface area (Å²) in [6, 6.07) is 25.7. The summed E-state index contributed by atoms with van der Waals surface area (Å²) in [4.78, 5) is 12.8. The van der Waals surface area contributed by atoms with Crippen molar-refractivity contribution in [1.29, 1.82) is 0 Å². The molecular formula is C41H57ClO3. The molecule has 2 atom stereocenters. The number of carbonyl (C=O) groups is 1. The molecule has 3 aromatic carbocycles. The van der Waals surface area contributed by atoms with E-state index in [1.54, 1.807) is 0 Å². The van der Waals surface area contributed by atoms with E-state index in [1.165, 1.54) is 96.3 Å². The molecule has 0 bridgehead atoms. The average Bonchev–Trinajstić information content (AvgIpc) is 3.07. The molecule has 0 aromatic heterocycles. The Hall–Kier alpha value is -2.78. The summed E-state index contributed by atoms with van der Waals surface area (Å²) in [5, 5.41) is -0.746. The van der Waals surface area contributed by atoms with Crippen LogP contribution in [-0.4, -0.2) is 18.0 Å². The average molecular weight is 633 g/mol. The molecule has 0 amide bonds. The minimum absolute atomic E-state index is 0.0931. The summed E-state index contributed by atoms with van der Waals surface area (Å²) in [6.45, 7) is 5.09. The minimum Gasteiger partial charge on any atom is -0.494 e. The molecule has 4 heteroatoms. The standard InChI is InChI=1S/C41H57ClO3/c1-3-5-6-7-8-9-10-11-12-13-14-15-16-17-18-22-33-44-37-29-25-34(26-30-37)35-27-31-38(32-28-35)45-41(43)40(42)39(4-2)36-23-20-19-21-24-36/h19-21,23-32,39-40H,3-18,22,33H2,1-2H3. The van der Waals surface area contributed by atoms with Crippen LogP contribution in [0.15, 0.2) is 78.9 Å². The van der Waals surface area contributed by atoms with Crippen molar-refractivity contribution in [3.05, 3.63) is 84.4 Å². The monoisotopic (exact) mass is 632 g/mol. The van der Waals surface area contributed by atoms with Gasteiger partial charge in [0.2, 0.25) is 0 Å². The Morgan fingerprint density at radius 2 is 1.02 bits per heavy atom. The summed E-state index contributed by atoms with van der Waals surface area (Å²) in [5.41, 5.74) is 3.19. The molecule has 0 saturated carbocycles. The molecule has 246 valence electrons. The predicted octanol–water partition coefficient (Wildman–Crippen LogP) is 12.7. The van der Waals surface area contributed by atoms with Crippen LogP contribution in [0, 0.1) is 0 Å². The van der Waals surface area contributed by atoms with Crippen molar-refractivity contribution in [3.63, 3.8) is 0 Å². The topological polar surface area (TPSA) is 35.5 Å². The number of alkyl halides is 1. The van der Waals surface area contributed by atoms with E-state index in [-0.39, 0.29) is 5.92 Å². The molecule has 3 nitrogen and oxygen atoms in total. The first-order valence-corrected chi connectivity index (χ1v) is 18.3. The fraction of sp³-hybridized carbons (Fsp3) is 0.537. The van der Waals surface area contributed by atoms with Gasteiger partial charge in [-0.2, -0.15) is 0 Å². The Morgan fingerprint density at radius 1 is 0.578 bits per heavy atom. The van der Waals surface area contributed by atoms with Gasteiger partial charge in [0.05, 0.1) is 6.61 Å². The second kappa shape index (κ2) is 22.7. The molecule has 0 aliphatic carbocycles. The number of benzene rings is 3. The highest BCUT2D eigenvalue weighted by Gasteiger charge is 2.28. The predicted molar refractivity (Wildman–Crippen MR) is 192 cm³/mol. The summed E-state index contributed by atoms with van der Waals surface area (Å²) >= 11 is 6.55. The van der Waals surface area contributed by atoms with Crippen molar-refractivity contribution in [2.24, 2.45) is 0 Å². The first-order valence-electron chi connectivity index (χ1n) is 17.9. The van der Waals surface area contributed by atoms with Gasteiger partial charge < -0.3 is 9.47 Å².